The number of nitrogens with zero attached hydrogens (tertiary/aromatic N) is 3. The van der Waals surface area contributed by atoms with E-state index in [0.717, 1.165) is 59.9 Å². The molecule has 0 spiro atoms. The third-order valence-electron chi connectivity index (χ3n) is 5.88. The van der Waals surface area contributed by atoms with Crippen molar-refractivity contribution in [3.8, 4) is 0 Å². The number of benzene rings is 1. The van der Waals surface area contributed by atoms with E-state index in [1.807, 2.05) is 41.9 Å². The third kappa shape index (κ3) is 4.99. The van der Waals surface area contributed by atoms with E-state index in [9.17, 15) is 4.79 Å². The molecule has 4 rings (SSSR count). The van der Waals surface area contributed by atoms with Crippen LogP contribution in [-0.4, -0.2) is 33.6 Å². The summed E-state index contributed by atoms with van der Waals surface area (Å²) in [7, 11) is 0. The molecule has 1 aliphatic heterocycles. The molecule has 32 heavy (non-hydrogen) atoms. The van der Waals surface area contributed by atoms with Gasteiger partial charge in [0.05, 0.1) is 6.20 Å². The summed E-state index contributed by atoms with van der Waals surface area (Å²) < 4.78 is 1.91. The molecule has 168 valence electrons. The Morgan fingerprint density at radius 2 is 2.09 bits per heavy atom. The Labute approximate surface area is 189 Å². The van der Waals surface area contributed by atoms with E-state index < -0.39 is 0 Å². The zero-order valence-corrected chi connectivity index (χ0v) is 19.1. The smallest absolute Gasteiger partial charge is 0.248 e. The van der Waals surface area contributed by atoms with Crippen LogP contribution < -0.4 is 16.0 Å². The lowest BCUT2D eigenvalue weighted by Gasteiger charge is -2.23. The number of carbonyl (C=O) groups is 1. The fraction of sp³-hybridized carbons (Fsp3) is 0.400. The molecule has 1 fully saturated rings. The Balaban J connectivity index is 1.60. The maximum absolute atomic E-state index is 11.9. The maximum atomic E-state index is 11.9. The van der Waals surface area contributed by atoms with E-state index in [0.29, 0.717) is 18.4 Å². The second-order valence-corrected chi connectivity index (χ2v) is 8.62. The first-order chi connectivity index (χ1) is 15.5. The second-order valence-electron chi connectivity index (χ2n) is 8.62. The molecule has 3 heterocycles. The van der Waals surface area contributed by atoms with Crippen LogP contribution in [0.4, 0.5) is 11.5 Å². The van der Waals surface area contributed by atoms with E-state index in [1.165, 1.54) is 6.08 Å². The highest BCUT2D eigenvalue weighted by Gasteiger charge is 2.20. The van der Waals surface area contributed by atoms with Gasteiger partial charge in [0.2, 0.25) is 5.91 Å². The Bertz CT molecular complexity index is 1110. The number of amides is 1. The lowest BCUT2D eigenvalue weighted by atomic mass is 9.94. The Hall–Kier alpha value is -3.19. The Morgan fingerprint density at radius 1 is 1.28 bits per heavy atom. The number of anilines is 2. The topological polar surface area (TPSA) is 83.4 Å². The van der Waals surface area contributed by atoms with E-state index in [1.54, 1.807) is 6.08 Å². The summed E-state index contributed by atoms with van der Waals surface area (Å²) in [6.07, 6.45) is 7.38. The molecule has 0 radical (unpaired) electrons. The lowest BCUT2D eigenvalue weighted by Crippen LogP contribution is -2.27. The molecule has 0 aliphatic carbocycles. The average molecular weight is 433 g/mol. The molecular formula is C25H32N6O. The minimum atomic E-state index is -0.127. The number of piperidine rings is 1. The van der Waals surface area contributed by atoms with Crippen LogP contribution in [-0.2, 0) is 11.3 Å². The summed E-state index contributed by atoms with van der Waals surface area (Å²) in [5.41, 5.74) is 5.09. The van der Waals surface area contributed by atoms with Crippen molar-refractivity contribution in [3.63, 3.8) is 0 Å². The molecule has 0 unspecified atom stereocenters. The SMILES string of the molecule is C/C=C/C(=O)Nc1cccc(CNc2cc(C3CCNCC3)nc3c(C(C)C)cnn23)c1. The van der Waals surface area contributed by atoms with Gasteiger partial charge >= 0.3 is 0 Å². The van der Waals surface area contributed by atoms with Crippen molar-refractivity contribution in [1.29, 1.82) is 0 Å². The minimum Gasteiger partial charge on any atom is -0.366 e. The van der Waals surface area contributed by atoms with E-state index in [-0.39, 0.29) is 5.91 Å². The van der Waals surface area contributed by atoms with Crippen LogP contribution >= 0.6 is 0 Å². The number of nitrogens with one attached hydrogen (secondary N) is 3. The van der Waals surface area contributed by atoms with Crippen molar-refractivity contribution in [3.05, 3.63) is 65.5 Å². The van der Waals surface area contributed by atoms with Crippen molar-refractivity contribution in [1.82, 2.24) is 19.9 Å². The summed E-state index contributed by atoms with van der Waals surface area (Å²) in [5.74, 6) is 1.63. The van der Waals surface area contributed by atoms with Crippen LogP contribution in [0.1, 0.15) is 62.3 Å². The number of hydrogen-bond acceptors (Lipinski definition) is 5. The van der Waals surface area contributed by atoms with Gasteiger partial charge in [-0.15, -0.1) is 0 Å². The molecule has 1 saturated heterocycles. The highest BCUT2D eigenvalue weighted by atomic mass is 16.1. The standard InChI is InChI=1S/C25H32N6O/c1-4-6-24(32)29-20-8-5-7-18(13-20)15-27-23-14-22(19-9-11-26-12-10-19)30-25-21(17(2)3)16-28-31(23)25/h4-8,13-14,16-17,19,26-27H,9-12,15H2,1-3H3,(H,29,32)/b6-4+. The van der Waals surface area contributed by atoms with Gasteiger partial charge < -0.3 is 16.0 Å². The number of aromatic nitrogens is 3. The number of rotatable bonds is 7. The molecule has 7 heteroatoms. The molecule has 1 aliphatic rings. The van der Waals surface area contributed by atoms with Gasteiger partial charge in [0, 0.05) is 35.5 Å². The van der Waals surface area contributed by atoms with Crippen molar-refractivity contribution in [2.75, 3.05) is 23.7 Å². The first-order valence-corrected chi connectivity index (χ1v) is 11.4. The zero-order chi connectivity index (χ0) is 22.5. The molecular weight excluding hydrogens is 400 g/mol. The van der Waals surface area contributed by atoms with Gasteiger partial charge in [-0.05, 0) is 62.5 Å². The monoisotopic (exact) mass is 432 g/mol. The summed E-state index contributed by atoms with van der Waals surface area (Å²) >= 11 is 0. The van der Waals surface area contributed by atoms with E-state index >= 15 is 0 Å². The second kappa shape index (κ2) is 9.96. The van der Waals surface area contributed by atoms with Gasteiger partial charge in [0.1, 0.15) is 5.82 Å². The number of fused-ring (bicyclic) bond motifs is 1. The Kier molecular flexibility index (Phi) is 6.85. The van der Waals surface area contributed by atoms with Gasteiger partial charge in [0.25, 0.3) is 0 Å². The normalized spacial score (nSPS) is 15.0. The van der Waals surface area contributed by atoms with Crippen LogP contribution in [0.3, 0.4) is 0 Å². The Morgan fingerprint density at radius 3 is 2.84 bits per heavy atom. The molecule has 2 aromatic heterocycles. The quantitative estimate of drug-likeness (QED) is 0.481. The zero-order valence-electron chi connectivity index (χ0n) is 19.1. The van der Waals surface area contributed by atoms with Crippen LogP contribution in [0.25, 0.3) is 5.65 Å². The van der Waals surface area contributed by atoms with Crippen LogP contribution in [0.5, 0.6) is 0 Å². The molecule has 3 N–H and O–H groups in total. The number of hydrogen-bond donors (Lipinski definition) is 3. The van der Waals surface area contributed by atoms with E-state index in [2.05, 4.69) is 41.0 Å². The molecule has 0 saturated carbocycles. The molecule has 0 atom stereocenters. The third-order valence-corrected chi connectivity index (χ3v) is 5.88. The fourth-order valence-corrected chi connectivity index (χ4v) is 4.15. The molecule has 1 aromatic carbocycles. The largest absolute Gasteiger partial charge is 0.366 e. The van der Waals surface area contributed by atoms with E-state index in [4.69, 9.17) is 4.98 Å². The highest BCUT2D eigenvalue weighted by molar-refractivity contribution is 5.99. The van der Waals surface area contributed by atoms with Crippen molar-refractivity contribution < 1.29 is 4.79 Å². The van der Waals surface area contributed by atoms with Crippen molar-refractivity contribution in [2.24, 2.45) is 0 Å². The van der Waals surface area contributed by atoms with Crippen LogP contribution in [0, 0.1) is 0 Å². The molecule has 3 aromatic rings. The first kappa shape index (κ1) is 22.0. The van der Waals surface area contributed by atoms with Gasteiger partial charge in [-0.3, -0.25) is 4.79 Å². The predicted molar refractivity (Wildman–Crippen MR) is 129 cm³/mol. The maximum Gasteiger partial charge on any atom is 0.248 e. The van der Waals surface area contributed by atoms with Crippen LogP contribution in [0.2, 0.25) is 0 Å². The molecule has 1 amide bonds. The first-order valence-electron chi connectivity index (χ1n) is 11.4. The minimum absolute atomic E-state index is 0.127. The summed E-state index contributed by atoms with van der Waals surface area (Å²) in [4.78, 5) is 16.9. The summed E-state index contributed by atoms with van der Waals surface area (Å²) in [5, 5.41) is 14.5. The fourth-order valence-electron chi connectivity index (χ4n) is 4.15. The summed E-state index contributed by atoms with van der Waals surface area (Å²) in [6.45, 7) is 8.86. The van der Waals surface area contributed by atoms with Crippen molar-refractivity contribution >= 4 is 23.1 Å². The van der Waals surface area contributed by atoms with Gasteiger partial charge in [-0.2, -0.15) is 9.61 Å². The molecule has 7 nitrogen and oxygen atoms in total. The average Bonchev–Trinajstić information content (AvgIpc) is 3.23. The molecule has 0 bridgehead atoms. The highest BCUT2D eigenvalue weighted by Crippen LogP contribution is 2.29. The summed E-state index contributed by atoms with van der Waals surface area (Å²) in [6, 6.07) is 10.0. The van der Waals surface area contributed by atoms with Crippen LogP contribution in [0.15, 0.2) is 48.7 Å². The van der Waals surface area contributed by atoms with Gasteiger partial charge in [-0.25, -0.2) is 4.98 Å². The lowest BCUT2D eigenvalue weighted by molar-refractivity contribution is -0.111. The number of allylic oxidation sites excluding steroid dienone is 1. The van der Waals surface area contributed by atoms with Gasteiger partial charge in [0.15, 0.2) is 5.65 Å². The number of carbonyl (C=O) groups excluding carboxylic acids is 1. The van der Waals surface area contributed by atoms with Gasteiger partial charge in [-0.1, -0.05) is 32.1 Å². The van der Waals surface area contributed by atoms with Crippen molar-refractivity contribution in [2.45, 2.75) is 52.0 Å². The predicted octanol–water partition coefficient (Wildman–Crippen LogP) is 4.45.